The lowest BCUT2D eigenvalue weighted by Crippen LogP contribution is -2.64. The largest absolute Gasteiger partial charge is 0.497 e. The number of carboxylic acid groups (broad SMARTS) is 1. The second kappa shape index (κ2) is 10.5. The van der Waals surface area contributed by atoms with Crippen molar-refractivity contribution in [1.29, 1.82) is 0 Å². The van der Waals surface area contributed by atoms with Crippen molar-refractivity contribution >= 4 is 17.3 Å². The fourth-order valence-corrected chi connectivity index (χ4v) is 6.29. The zero-order chi connectivity index (χ0) is 26.0. The number of alkyl halides is 1. The maximum atomic E-state index is 16.4. The van der Waals surface area contributed by atoms with E-state index in [1.54, 1.807) is 6.08 Å². The van der Waals surface area contributed by atoms with E-state index in [2.05, 4.69) is 10.1 Å². The van der Waals surface area contributed by atoms with E-state index < -0.39 is 11.6 Å². The minimum Gasteiger partial charge on any atom is -0.497 e. The third-order valence-corrected chi connectivity index (χ3v) is 7.97. The molecule has 37 heavy (non-hydrogen) atoms. The second-order valence-corrected chi connectivity index (χ2v) is 10.8. The molecule has 5 rings (SSSR count). The highest BCUT2D eigenvalue weighted by Crippen LogP contribution is 2.44. The van der Waals surface area contributed by atoms with Gasteiger partial charge in [-0.2, -0.15) is 0 Å². The molecule has 8 heteroatoms. The van der Waals surface area contributed by atoms with Crippen LogP contribution in [-0.2, 0) is 19.1 Å². The number of hydrogen-bond acceptors (Lipinski definition) is 6. The number of likely N-dealkylation sites (tertiary alicyclic amines) is 1. The summed E-state index contributed by atoms with van der Waals surface area (Å²) in [5.74, 6) is 0.507. The molecule has 0 aromatic heterocycles. The van der Waals surface area contributed by atoms with Gasteiger partial charge in [-0.3, -0.25) is 9.69 Å². The molecule has 2 fully saturated rings. The molecule has 2 aliphatic heterocycles. The summed E-state index contributed by atoms with van der Waals surface area (Å²) in [5.41, 5.74) is 0.824. The van der Waals surface area contributed by atoms with Crippen LogP contribution in [0.4, 0.5) is 4.39 Å². The van der Waals surface area contributed by atoms with Gasteiger partial charge in [-0.1, -0.05) is 35.5 Å². The topological polar surface area (TPSA) is 80.6 Å². The average Bonchev–Trinajstić information content (AvgIpc) is 3.30. The maximum absolute atomic E-state index is 16.4. The van der Waals surface area contributed by atoms with E-state index in [4.69, 9.17) is 14.3 Å². The second-order valence-electron chi connectivity index (χ2n) is 10.8. The monoisotopic (exact) mass is 512 g/mol. The van der Waals surface area contributed by atoms with E-state index in [0.717, 1.165) is 36.1 Å². The van der Waals surface area contributed by atoms with Crippen molar-refractivity contribution in [3.63, 3.8) is 0 Å². The number of halogens is 1. The molecular formula is C29H37FN2O5. The Morgan fingerprint density at radius 1 is 1.11 bits per heavy atom. The third-order valence-electron chi connectivity index (χ3n) is 7.97. The number of aliphatic carboxylic acids is 1. The van der Waals surface area contributed by atoms with Crippen LogP contribution in [0.5, 0.6) is 0 Å². The molecule has 0 radical (unpaired) electrons. The van der Waals surface area contributed by atoms with Crippen LogP contribution in [0.1, 0.15) is 57.9 Å². The first-order valence-corrected chi connectivity index (χ1v) is 13.5. The predicted molar refractivity (Wildman–Crippen MR) is 139 cm³/mol. The Kier molecular flexibility index (Phi) is 7.30. The van der Waals surface area contributed by atoms with Crippen molar-refractivity contribution in [1.82, 2.24) is 4.90 Å². The quantitative estimate of drug-likeness (QED) is 0.491. The van der Waals surface area contributed by atoms with E-state index >= 15 is 4.39 Å². The predicted octanol–water partition coefficient (Wildman–Crippen LogP) is 5.19. The molecule has 1 spiro atoms. The molecule has 1 atom stereocenters. The van der Waals surface area contributed by atoms with Crippen LogP contribution in [0.2, 0.25) is 0 Å². The molecule has 1 N–H and O–H groups in total. The van der Waals surface area contributed by atoms with Gasteiger partial charge in [0, 0.05) is 38.4 Å². The number of nitrogens with zero attached hydrogens (tertiary/aromatic N) is 2. The van der Waals surface area contributed by atoms with Crippen LogP contribution in [0, 0.1) is 11.8 Å². The molecular weight excluding hydrogens is 475 g/mol. The van der Waals surface area contributed by atoms with Gasteiger partial charge in [0.05, 0.1) is 30.4 Å². The fraction of sp³-hybridized carbons (Fsp3) is 0.586. The van der Waals surface area contributed by atoms with E-state index in [1.807, 2.05) is 44.2 Å². The Balaban J connectivity index is 1.22. The molecule has 2 heterocycles. The molecule has 0 bridgehead atoms. The van der Waals surface area contributed by atoms with Crippen molar-refractivity contribution < 1.29 is 28.6 Å². The first-order valence-electron chi connectivity index (χ1n) is 13.5. The minimum absolute atomic E-state index is 0.153. The first kappa shape index (κ1) is 25.8. The Bertz CT molecular complexity index is 1090. The average molecular weight is 513 g/mol. The Hall–Kier alpha value is -2.87. The summed E-state index contributed by atoms with van der Waals surface area (Å²) in [6.45, 7) is 6.17. The number of ether oxygens (including phenoxy) is 2. The summed E-state index contributed by atoms with van der Waals surface area (Å²) in [5, 5.41) is 13.7. The SMILES string of the molecule is CCOC1=CC(F)(CN2CC3(CC([C@H]4CC[C@H](C(=O)O)CC4)=NO3)C2)CC(OCC)=C1c1ccccc1. The van der Waals surface area contributed by atoms with Crippen molar-refractivity contribution in [2.75, 3.05) is 32.8 Å². The lowest BCUT2D eigenvalue weighted by atomic mass is 9.76. The van der Waals surface area contributed by atoms with Gasteiger partial charge in [0.15, 0.2) is 11.3 Å². The van der Waals surface area contributed by atoms with Gasteiger partial charge < -0.3 is 19.4 Å². The van der Waals surface area contributed by atoms with Crippen molar-refractivity contribution in [2.24, 2.45) is 17.0 Å². The highest BCUT2D eigenvalue weighted by molar-refractivity contribution is 5.89. The number of oxime groups is 1. The Morgan fingerprint density at radius 2 is 1.81 bits per heavy atom. The molecule has 1 unspecified atom stereocenters. The smallest absolute Gasteiger partial charge is 0.306 e. The Labute approximate surface area is 217 Å². The van der Waals surface area contributed by atoms with Gasteiger partial charge in [-0.15, -0.1) is 0 Å². The summed E-state index contributed by atoms with van der Waals surface area (Å²) >= 11 is 0. The van der Waals surface area contributed by atoms with Gasteiger partial charge in [-0.05, 0) is 51.2 Å². The van der Waals surface area contributed by atoms with Crippen LogP contribution in [0.15, 0.2) is 53.1 Å². The minimum atomic E-state index is -1.62. The molecule has 1 saturated carbocycles. The number of benzene rings is 1. The van der Waals surface area contributed by atoms with Crippen LogP contribution in [-0.4, -0.2) is 65.8 Å². The third kappa shape index (κ3) is 5.40. The van der Waals surface area contributed by atoms with Gasteiger partial charge >= 0.3 is 5.97 Å². The van der Waals surface area contributed by atoms with E-state index in [1.165, 1.54) is 0 Å². The van der Waals surface area contributed by atoms with Crippen LogP contribution < -0.4 is 0 Å². The van der Waals surface area contributed by atoms with Gasteiger partial charge in [0.25, 0.3) is 0 Å². The number of allylic oxidation sites excluding steroid dienone is 2. The first-order chi connectivity index (χ1) is 17.8. The molecule has 4 aliphatic rings. The fourth-order valence-electron chi connectivity index (χ4n) is 6.29. The zero-order valence-electron chi connectivity index (χ0n) is 21.7. The van der Waals surface area contributed by atoms with Crippen LogP contribution in [0.3, 0.4) is 0 Å². The highest BCUT2D eigenvalue weighted by atomic mass is 19.1. The standard InChI is InChI=1S/C29H37FN2O5/c1-3-35-24-15-28(30,16-25(36-4-2)26(24)21-8-6-5-7-9-21)17-32-18-29(19-32)14-23(31-37-29)20-10-12-22(13-11-20)27(33)34/h5-9,15,20,22H,3-4,10-14,16-19H2,1-2H3,(H,33,34)/t20-,22-,28?. The molecule has 0 amide bonds. The number of rotatable bonds is 9. The Morgan fingerprint density at radius 3 is 2.46 bits per heavy atom. The number of hydrogen-bond donors (Lipinski definition) is 1. The summed E-state index contributed by atoms with van der Waals surface area (Å²) in [4.78, 5) is 19.2. The van der Waals surface area contributed by atoms with Gasteiger partial charge in [0.2, 0.25) is 0 Å². The maximum Gasteiger partial charge on any atom is 0.306 e. The van der Waals surface area contributed by atoms with Gasteiger partial charge in [0.1, 0.15) is 11.5 Å². The van der Waals surface area contributed by atoms with Gasteiger partial charge in [-0.25, -0.2) is 4.39 Å². The highest BCUT2D eigenvalue weighted by Gasteiger charge is 2.53. The molecule has 1 saturated heterocycles. The van der Waals surface area contributed by atoms with Crippen LogP contribution in [0.25, 0.3) is 5.57 Å². The summed E-state index contributed by atoms with van der Waals surface area (Å²) < 4.78 is 28.3. The van der Waals surface area contributed by atoms with Crippen LogP contribution >= 0.6 is 0 Å². The molecule has 200 valence electrons. The van der Waals surface area contributed by atoms with E-state index in [-0.39, 0.29) is 24.5 Å². The summed E-state index contributed by atoms with van der Waals surface area (Å²) in [6.07, 6.45) is 5.59. The molecule has 1 aromatic carbocycles. The molecule has 7 nitrogen and oxygen atoms in total. The number of carbonyl (C=O) groups is 1. The van der Waals surface area contributed by atoms with E-state index in [9.17, 15) is 9.90 Å². The molecule has 2 aliphatic carbocycles. The summed E-state index contributed by atoms with van der Waals surface area (Å²) in [7, 11) is 0. The normalized spacial score (nSPS) is 29.3. The lowest BCUT2D eigenvalue weighted by molar-refractivity contribution is -0.142. The summed E-state index contributed by atoms with van der Waals surface area (Å²) in [6, 6.07) is 9.87. The van der Waals surface area contributed by atoms with Crippen molar-refractivity contribution in [3.05, 3.63) is 53.5 Å². The molecule has 1 aromatic rings. The van der Waals surface area contributed by atoms with E-state index in [0.29, 0.717) is 56.6 Å². The van der Waals surface area contributed by atoms with Crippen molar-refractivity contribution in [2.45, 2.75) is 63.6 Å². The zero-order valence-corrected chi connectivity index (χ0v) is 21.7. The lowest BCUT2D eigenvalue weighted by Gasteiger charge is -2.48. The van der Waals surface area contributed by atoms with Crippen molar-refractivity contribution in [3.8, 4) is 0 Å². The number of carboxylic acids is 1.